The van der Waals surface area contributed by atoms with Crippen molar-refractivity contribution in [3.8, 4) is 11.3 Å². The van der Waals surface area contributed by atoms with Crippen LogP contribution >= 0.6 is 11.6 Å². The molecule has 0 saturated heterocycles. The monoisotopic (exact) mass is 267 g/mol. The minimum absolute atomic E-state index is 0.123. The average molecular weight is 268 g/mol. The average Bonchev–Trinajstić information content (AvgIpc) is 2.71. The van der Waals surface area contributed by atoms with Crippen molar-refractivity contribution in [2.24, 2.45) is 7.05 Å². The van der Waals surface area contributed by atoms with Gasteiger partial charge in [0.1, 0.15) is 5.82 Å². The highest BCUT2D eigenvalue weighted by Gasteiger charge is 2.11. The molecular weight excluding hydrogens is 253 g/mol. The molecule has 1 aromatic carbocycles. The summed E-state index contributed by atoms with van der Waals surface area (Å²) in [6, 6.07) is 4.68. The van der Waals surface area contributed by atoms with Crippen molar-refractivity contribution in [2.45, 2.75) is 6.42 Å². The molecule has 0 amide bonds. The van der Waals surface area contributed by atoms with E-state index in [4.69, 9.17) is 11.6 Å². The molecule has 1 aromatic heterocycles. The number of aromatic nitrogens is 2. The lowest BCUT2D eigenvalue weighted by Gasteiger charge is -2.03. The molecule has 96 valence electrons. The molecule has 3 nitrogen and oxygen atoms in total. The largest absolute Gasteiger partial charge is 0.319 e. The molecule has 2 rings (SSSR count). The highest BCUT2D eigenvalue weighted by molar-refractivity contribution is 6.31. The van der Waals surface area contributed by atoms with Gasteiger partial charge >= 0.3 is 0 Å². The summed E-state index contributed by atoms with van der Waals surface area (Å²) in [4.78, 5) is 0. The quantitative estimate of drug-likeness (QED) is 0.923. The third-order valence-corrected chi connectivity index (χ3v) is 3.03. The highest BCUT2D eigenvalue weighted by atomic mass is 35.5. The summed E-state index contributed by atoms with van der Waals surface area (Å²) in [5, 5.41) is 7.64. The van der Waals surface area contributed by atoms with Gasteiger partial charge in [-0.15, -0.1) is 0 Å². The molecule has 5 heteroatoms. The Morgan fingerprint density at radius 1 is 1.44 bits per heavy atom. The molecule has 0 unspecified atom stereocenters. The van der Waals surface area contributed by atoms with Crippen LogP contribution in [-0.2, 0) is 13.5 Å². The summed E-state index contributed by atoms with van der Waals surface area (Å²) in [5.74, 6) is -0.409. The lowest BCUT2D eigenvalue weighted by atomic mass is 10.1. The summed E-state index contributed by atoms with van der Waals surface area (Å²) < 4.78 is 14.9. The lowest BCUT2D eigenvalue weighted by molar-refractivity contribution is 0.628. The van der Waals surface area contributed by atoms with Crippen molar-refractivity contribution in [1.29, 1.82) is 0 Å². The first kappa shape index (κ1) is 13.1. The molecule has 2 aromatic rings. The molecule has 0 radical (unpaired) electrons. The zero-order valence-electron chi connectivity index (χ0n) is 10.4. The van der Waals surface area contributed by atoms with Crippen LogP contribution in [0.25, 0.3) is 11.3 Å². The summed E-state index contributed by atoms with van der Waals surface area (Å²) >= 11 is 5.81. The van der Waals surface area contributed by atoms with Gasteiger partial charge in [-0.25, -0.2) is 4.39 Å². The Kier molecular flexibility index (Phi) is 3.99. The van der Waals surface area contributed by atoms with Gasteiger partial charge in [0, 0.05) is 18.8 Å². The second kappa shape index (κ2) is 5.50. The number of halogens is 2. The number of aryl methyl sites for hydroxylation is 1. The van der Waals surface area contributed by atoms with E-state index in [1.807, 2.05) is 20.3 Å². The number of rotatable bonds is 4. The van der Waals surface area contributed by atoms with Crippen LogP contribution < -0.4 is 5.32 Å². The number of hydrogen-bond donors (Lipinski definition) is 1. The van der Waals surface area contributed by atoms with E-state index in [9.17, 15) is 4.39 Å². The molecule has 0 aliphatic rings. The van der Waals surface area contributed by atoms with Gasteiger partial charge in [0.25, 0.3) is 0 Å². The van der Waals surface area contributed by atoms with Crippen molar-refractivity contribution in [2.75, 3.05) is 13.6 Å². The first-order chi connectivity index (χ1) is 8.61. The molecule has 1 N–H and O–H groups in total. The first-order valence-electron chi connectivity index (χ1n) is 5.74. The Bertz CT molecular complexity index is 551. The topological polar surface area (TPSA) is 29.9 Å². The maximum Gasteiger partial charge on any atom is 0.141 e. The van der Waals surface area contributed by atoms with Gasteiger partial charge in [-0.1, -0.05) is 11.6 Å². The Morgan fingerprint density at radius 3 is 2.89 bits per heavy atom. The predicted octanol–water partition coefficient (Wildman–Crippen LogP) is 2.64. The Labute approximate surface area is 111 Å². The van der Waals surface area contributed by atoms with E-state index in [2.05, 4.69) is 10.4 Å². The van der Waals surface area contributed by atoms with Crippen LogP contribution in [0.1, 0.15) is 5.56 Å². The van der Waals surface area contributed by atoms with Crippen molar-refractivity contribution in [3.63, 3.8) is 0 Å². The normalized spacial score (nSPS) is 10.9. The van der Waals surface area contributed by atoms with Gasteiger partial charge in [0.2, 0.25) is 0 Å². The van der Waals surface area contributed by atoms with E-state index < -0.39 is 5.82 Å². The molecule has 0 aliphatic carbocycles. The second-order valence-corrected chi connectivity index (χ2v) is 4.57. The summed E-state index contributed by atoms with van der Waals surface area (Å²) in [6.07, 6.45) is 2.85. The number of nitrogens with one attached hydrogen (secondary N) is 1. The van der Waals surface area contributed by atoms with Crippen LogP contribution in [0.4, 0.5) is 4.39 Å². The van der Waals surface area contributed by atoms with Crippen LogP contribution in [0.5, 0.6) is 0 Å². The van der Waals surface area contributed by atoms with E-state index in [1.165, 1.54) is 6.07 Å². The van der Waals surface area contributed by atoms with Crippen LogP contribution in [-0.4, -0.2) is 23.4 Å². The van der Waals surface area contributed by atoms with E-state index >= 15 is 0 Å². The van der Waals surface area contributed by atoms with Crippen LogP contribution in [0, 0.1) is 5.82 Å². The van der Waals surface area contributed by atoms with Crippen LogP contribution in [0.2, 0.25) is 5.02 Å². The fourth-order valence-corrected chi connectivity index (χ4v) is 2.05. The van der Waals surface area contributed by atoms with Gasteiger partial charge in [0.05, 0.1) is 10.7 Å². The van der Waals surface area contributed by atoms with Gasteiger partial charge in [-0.3, -0.25) is 4.68 Å². The van der Waals surface area contributed by atoms with E-state index in [-0.39, 0.29) is 5.02 Å². The third-order valence-electron chi connectivity index (χ3n) is 2.74. The summed E-state index contributed by atoms with van der Waals surface area (Å²) in [6.45, 7) is 0.869. The predicted molar refractivity (Wildman–Crippen MR) is 71.2 cm³/mol. The highest BCUT2D eigenvalue weighted by Crippen LogP contribution is 2.26. The Morgan fingerprint density at radius 2 is 2.22 bits per heavy atom. The van der Waals surface area contributed by atoms with Gasteiger partial charge < -0.3 is 5.32 Å². The molecule has 0 atom stereocenters. The van der Waals surface area contributed by atoms with Gasteiger partial charge in [0.15, 0.2) is 0 Å². The van der Waals surface area contributed by atoms with Crippen molar-refractivity contribution in [3.05, 3.63) is 40.8 Å². The number of benzene rings is 1. The molecule has 0 spiro atoms. The summed E-state index contributed by atoms with van der Waals surface area (Å²) in [5.41, 5.74) is 2.82. The zero-order valence-corrected chi connectivity index (χ0v) is 11.1. The summed E-state index contributed by atoms with van der Waals surface area (Å²) in [7, 11) is 3.78. The molecule has 0 saturated carbocycles. The van der Waals surface area contributed by atoms with Crippen molar-refractivity contribution in [1.82, 2.24) is 15.1 Å². The molecule has 1 heterocycles. The number of likely N-dealkylation sites (N-methyl/N-ethyl adjacent to an activating group) is 1. The Hall–Kier alpha value is -1.39. The molecule has 18 heavy (non-hydrogen) atoms. The standard InChI is InChI=1S/C13H15ClFN3/c1-16-6-5-10-8-18(2)17-13(10)9-3-4-12(15)11(14)7-9/h3-4,7-8,16H,5-6H2,1-2H3. The van der Waals surface area contributed by atoms with Crippen LogP contribution in [0.3, 0.4) is 0 Å². The number of hydrogen-bond acceptors (Lipinski definition) is 2. The maximum absolute atomic E-state index is 13.2. The van der Waals surface area contributed by atoms with E-state index in [0.29, 0.717) is 0 Å². The zero-order chi connectivity index (χ0) is 13.1. The van der Waals surface area contributed by atoms with Crippen molar-refractivity contribution < 1.29 is 4.39 Å². The van der Waals surface area contributed by atoms with Crippen LogP contribution in [0.15, 0.2) is 24.4 Å². The molecule has 0 fully saturated rings. The third kappa shape index (κ3) is 2.71. The first-order valence-corrected chi connectivity index (χ1v) is 6.12. The SMILES string of the molecule is CNCCc1cn(C)nc1-c1ccc(F)c(Cl)c1. The molecule has 0 aliphatic heterocycles. The van der Waals surface area contributed by atoms with Crippen molar-refractivity contribution >= 4 is 11.6 Å². The smallest absolute Gasteiger partial charge is 0.141 e. The minimum Gasteiger partial charge on any atom is -0.319 e. The Balaban J connectivity index is 2.39. The molecular formula is C13H15ClFN3. The van der Waals surface area contributed by atoms with Gasteiger partial charge in [-0.2, -0.15) is 5.10 Å². The maximum atomic E-state index is 13.2. The van der Waals surface area contributed by atoms with E-state index in [0.717, 1.165) is 29.8 Å². The van der Waals surface area contributed by atoms with E-state index in [1.54, 1.807) is 16.8 Å². The fourth-order valence-electron chi connectivity index (χ4n) is 1.87. The second-order valence-electron chi connectivity index (χ2n) is 4.16. The minimum atomic E-state index is -0.409. The van der Waals surface area contributed by atoms with Gasteiger partial charge in [-0.05, 0) is 43.8 Å². The number of nitrogens with zero attached hydrogens (tertiary/aromatic N) is 2. The lowest BCUT2D eigenvalue weighted by Crippen LogP contribution is -2.10. The fraction of sp³-hybridized carbons (Fsp3) is 0.308. The molecule has 0 bridgehead atoms.